The highest BCUT2D eigenvalue weighted by Gasteiger charge is 1.96. The Kier molecular flexibility index (Phi) is 5.13. The number of hydrogen-bond acceptors (Lipinski definition) is 1. The van der Waals surface area contributed by atoms with Gasteiger partial charge in [-0.1, -0.05) is 50.3 Å². The molecule has 1 aromatic rings. The van der Waals surface area contributed by atoms with Gasteiger partial charge in [0.25, 0.3) is 0 Å². The van der Waals surface area contributed by atoms with Crippen molar-refractivity contribution in [1.82, 2.24) is 5.32 Å². The first-order chi connectivity index (χ1) is 7.24. The predicted octanol–water partition coefficient (Wildman–Crippen LogP) is 3.43. The van der Waals surface area contributed by atoms with Crippen LogP contribution in [0.1, 0.15) is 37.3 Å². The molecule has 0 aliphatic heterocycles. The third-order valence-corrected chi connectivity index (χ3v) is 2.47. The van der Waals surface area contributed by atoms with Gasteiger partial charge in [-0.25, -0.2) is 0 Å². The van der Waals surface area contributed by atoms with Crippen molar-refractivity contribution in [3.8, 4) is 0 Å². The molecule has 1 nitrogen and oxygen atoms in total. The van der Waals surface area contributed by atoms with Gasteiger partial charge in [0.2, 0.25) is 0 Å². The molecule has 0 fully saturated rings. The van der Waals surface area contributed by atoms with E-state index in [1.54, 1.807) is 0 Å². The van der Waals surface area contributed by atoms with Gasteiger partial charge in [-0.15, -0.1) is 0 Å². The van der Waals surface area contributed by atoms with E-state index in [9.17, 15) is 0 Å². The standard InChI is InChI=1S/C14H21N/c1-12(2)14-9-7-13(8-10-14)6-4-5-11-15-3/h4,6-10,12,15H,5,11H2,1-3H3. The minimum absolute atomic E-state index is 0.618. The summed E-state index contributed by atoms with van der Waals surface area (Å²) in [5, 5.41) is 3.13. The summed E-state index contributed by atoms with van der Waals surface area (Å²) in [6, 6.07) is 8.79. The molecule has 82 valence electrons. The second-order valence-corrected chi connectivity index (χ2v) is 4.12. The van der Waals surface area contributed by atoms with E-state index in [-0.39, 0.29) is 0 Å². The molecule has 0 bridgehead atoms. The lowest BCUT2D eigenvalue weighted by Crippen LogP contribution is -2.05. The van der Waals surface area contributed by atoms with Crippen LogP contribution >= 0.6 is 0 Å². The molecule has 15 heavy (non-hydrogen) atoms. The summed E-state index contributed by atoms with van der Waals surface area (Å²) >= 11 is 0. The fourth-order valence-electron chi connectivity index (χ4n) is 1.44. The number of rotatable bonds is 5. The summed E-state index contributed by atoms with van der Waals surface area (Å²) in [6.45, 7) is 5.48. The van der Waals surface area contributed by atoms with Crippen molar-refractivity contribution in [2.24, 2.45) is 0 Å². The topological polar surface area (TPSA) is 12.0 Å². The lowest BCUT2D eigenvalue weighted by molar-refractivity contribution is 0.809. The van der Waals surface area contributed by atoms with Gasteiger partial charge in [0.15, 0.2) is 0 Å². The highest BCUT2D eigenvalue weighted by molar-refractivity contribution is 5.49. The number of nitrogens with one attached hydrogen (secondary N) is 1. The summed E-state index contributed by atoms with van der Waals surface area (Å²) in [4.78, 5) is 0. The van der Waals surface area contributed by atoms with Crippen molar-refractivity contribution >= 4 is 6.08 Å². The summed E-state index contributed by atoms with van der Waals surface area (Å²) in [6.07, 6.45) is 5.48. The SMILES string of the molecule is CNCCC=Cc1ccc(C(C)C)cc1. The van der Waals surface area contributed by atoms with Crippen LogP contribution in [0.3, 0.4) is 0 Å². The lowest BCUT2D eigenvalue weighted by atomic mass is 10.0. The van der Waals surface area contributed by atoms with Crippen molar-refractivity contribution in [2.75, 3.05) is 13.6 Å². The first-order valence-electron chi connectivity index (χ1n) is 5.65. The van der Waals surface area contributed by atoms with Crippen molar-refractivity contribution < 1.29 is 0 Å². The fourth-order valence-corrected chi connectivity index (χ4v) is 1.44. The molecule has 0 aliphatic rings. The van der Waals surface area contributed by atoms with Gasteiger partial charge in [0.05, 0.1) is 0 Å². The third kappa shape index (κ3) is 4.30. The van der Waals surface area contributed by atoms with Crippen LogP contribution in [0.2, 0.25) is 0 Å². The Morgan fingerprint density at radius 2 is 1.87 bits per heavy atom. The predicted molar refractivity (Wildman–Crippen MR) is 68.1 cm³/mol. The van der Waals surface area contributed by atoms with Gasteiger partial charge in [-0.2, -0.15) is 0 Å². The quantitative estimate of drug-likeness (QED) is 0.723. The van der Waals surface area contributed by atoms with E-state index in [0.717, 1.165) is 13.0 Å². The molecule has 1 rings (SSSR count). The molecular formula is C14H21N. The lowest BCUT2D eigenvalue weighted by Gasteiger charge is -2.04. The summed E-state index contributed by atoms with van der Waals surface area (Å²) in [5.74, 6) is 0.618. The van der Waals surface area contributed by atoms with E-state index in [1.807, 2.05) is 7.05 Å². The molecule has 0 radical (unpaired) electrons. The molecule has 0 spiro atoms. The van der Waals surface area contributed by atoms with Crippen LogP contribution in [0.25, 0.3) is 6.08 Å². The Morgan fingerprint density at radius 1 is 1.20 bits per heavy atom. The van der Waals surface area contributed by atoms with Gasteiger partial charge in [0, 0.05) is 0 Å². The van der Waals surface area contributed by atoms with Crippen molar-refractivity contribution in [2.45, 2.75) is 26.2 Å². The van der Waals surface area contributed by atoms with Crippen LogP contribution in [-0.4, -0.2) is 13.6 Å². The van der Waals surface area contributed by atoms with E-state index < -0.39 is 0 Å². The van der Waals surface area contributed by atoms with Crippen molar-refractivity contribution in [1.29, 1.82) is 0 Å². The first kappa shape index (κ1) is 12.0. The zero-order valence-electron chi connectivity index (χ0n) is 9.96. The van der Waals surface area contributed by atoms with Crippen molar-refractivity contribution in [3.05, 3.63) is 41.5 Å². The first-order valence-corrected chi connectivity index (χ1v) is 5.65. The Hall–Kier alpha value is -1.08. The summed E-state index contributed by atoms with van der Waals surface area (Å²) in [5.41, 5.74) is 2.69. The zero-order valence-corrected chi connectivity index (χ0v) is 9.96. The maximum atomic E-state index is 3.13. The molecule has 0 atom stereocenters. The molecule has 0 saturated carbocycles. The maximum Gasteiger partial charge on any atom is -0.00172 e. The molecular weight excluding hydrogens is 182 g/mol. The van der Waals surface area contributed by atoms with Gasteiger partial charge < -0.3 is 5.32 Å². The van der Waals surface area contributed by atoms with Crippen LogP contribution in [0.15, 0.2) is 30.3 Å². The number of hydrogen-bond donors (Lipinski definition) is 1. The smallest absolute Gasteiger partial charge is 0.00172 e. The minimum Gasteiger partial charge on any atom is -0.319 e. The summed E-state index contributed by atoms with van der Waals surface area (Å²) in [7, 11) is 1.98. The normalized spacial score (nSPS) is 11.5. The van der Waals surface area contributed by atoms with Crippen LogP contribution in [-0.2, 0) is 0 Å². The van der Waals surface area contributed by atoms with E-state index >= 15 is 0 Å². The highest BCUT2D eigenvalue weighted by Crippen LogP contribution is 2.15. The largest absolute Gasteiger partial charge is 0.319 e. The monoisotopic (exact) mass is 203 g/mol. The van der Waals surface area contributed by atoms with Gasteiger partial charge in [-0.05, 0) is 37.1 Å². The highest BCUT2D eigenvalue weighted by atomic mass is 14.8. The average Bonchev–Trinajstić information content (AvgIpc) is 2.25. The van der Waals surface area contributed by atoms with Gasteiger partial charge in [-0.3, -0.25) is 0 Å². The van der Waals surface area contributed by atoms with E-state index in [1.165, 1.54) is 11.1 Å². The Bertz CT molecular complexity index is 296. The van der Waals surface area contributed by atoms with Crippen LogP contribution in [0.4, 0.5) is 0 Å². The van der Waals surface area contributed by atoms with E-state index in [0.29, 0.717) is 5.92 Å². The maximum absolute atomic E-state index is 3.13. The van der Waals surface area contributed by atoms with Crippen molar-refractivity contribution in [3.63, 3.8) is 0 Å². The Balaban J connectivity index is 2.53. The van der Waals surface area contributed by atoms with Crippen LogP contribution < -0.4 is 5.32 Å². The molecule has 0 saturated heterocycles. The molecule has 1 aromatic carbocycles. The second-order valence-electron chi connectivity index (χ2n) is 4.12. The van der Waals surface area contributed by atoms with Gasteiger partial charge in [0.1, 0.15) is 0 Å². The van der Waals surface area contributed by atoms with Gasteiger partial charge >= 0.3 is 0 Å². The average molecular weight is 203 g/mol. The Labute approximate surface area is 93.2 Å². The molecule has 0 aromatic heterocycles. The molecule has 0 unspecified atom stereocenters. The Morgan fingerprint density at radius 3 is 2.40 bits per heavy atom. The van der Waals surface area contributed by atoms with Crippen LogP contribution in [0.5, 0.6) is 0 Å². The molecule has 1 heteroatoms. The molecule has 0 heterocycles. The third-order valence-electron chi connectivity index (χ3n) is 2.47. The van der Waals surface area contributed by atoms with Crippen LogP contribution in [0, 0.1) is 0 Å². The van der Waals surface area contributed by atoms with E-state index in [2.05, 4.69) is 55.6 Å². The zero-order chi connectivity index (χ0) is 11.1. The number of benzene rings is 1. The summed E-state index contributed by atoms with van der Waals surface area (Å²) < 4.78 is 0. The van der Waals surface area contributed by atoms with E-state index in [4.69, 9.17) is 0 Å². The fraction of sp³-hybridized carbons (Fsp3) is 0.429. The molecule has 0 amide bonds. The minimum atomic E-state index is 0.618. The molecule has 1 N–H and O–H groups in total. The molecule has 0 aliphatic carbocycles. The second kappa shape index (κ2) is 6.41.